The average molecular weight is 481 g/mol. The highest BCUT2D eigenvalue weighted by molar-refractivity contribution is 5.76. The molecule has 35 heavy (non-hydrogen) atoms. The number of likely N-dealkylation sites (tertiary alicyclic amines) is 1. The van der Waals surface area contributed by atoms with E-state index in [2.05, 4.69) is 4.98 Å². The second-order valence-corrected chi connectivity index (χ2v) is 11.1. The molecule has 0 radical (unpaired) electrons. The first-order chi connectivity index (χ1) is 16.7. The van der Waals surface area contributed by atoms with E-state index < -0.39 is 11.0 Å². The van der Waals surface area contributed by atoms with E-state index in [-0.39, 0.29) is 18.0 Å². The molecule has 7 nitrogen and oxygen atoms in total. The highest BCUT2D eigenvalue weighted by atomic mass is 16.3. The molecule has 1 saturated heterocycles. The van der Waals surface area contributed by atoms with Gasteiger partial charge in [0.2, 0.25) is 5.91 Å². The molecule has 1 aromatic carbocycles. The molecule has 0 bridgehead atoms. The lowest BCUT2D eigenvalue weighted by molar-refractivity contribution is -0.154. The fourth-order valence-corrected chi connectivity index (χ4v) is 5.75. The van der Waals surface area contributed by atoms with Gasteiger partial charge in [-0.1, -0.05) is 70.2 Å². The summed E-state index contributed by atoms with van der Waals surface area (Å²) in [5.41, 5.74) is 6.31. The van der Waals surface area contributed by atoms with Crippen molar-refractivity contribution in [2.75, 3.05) is 13.1 Å². The van der Waals surface area contributed by atoms with E-state index in [9.17, 15) is 14.7 Å². The molecule has 1 aliphatic carbocycles. The maximum atomic E-state index is 13.0. The second-order valence-electron chi connectivity index (χ2n) is 11.1. The van der Waals surface area contributed by atoms with Gasteiger partial charge in [-0.15, -0.1) is 0 Å². The van der Waals surface area contributed by atoms with Gasteiger partial charge in [0.15, 0.2) is 0 Å². The van der Waals surface area contributed by atoms with Gasteiger partial charge in [-0.05, 0) is 24.3 Å². The van der Waals surface area contributed by atoms with Crippen molar-refractivity contribution in [3.63, 3.8) is 0 Å². The van der Waals surface area contributed by atoms with Crippen LogP contribution in [0.3, 0.4) is 0 Å². The monoisotopic (exact) mass is 480 g/mol. The number of nitrogens with two attached hydrogens (primary N) is 1. The first-order valence-electron chi connectivity index (χ1n) is 13.1. The van der Waals surface area contributed by atoms with E-state index in [1.54, 1.807) is 0 Å². The molecule has 2 aromatic rings. The van der Waals surface area contributed by atoms with Crippen molar-refractivity contribution in [3.8, 4) is 11.3 Å². The molecule has 1 amide bonds. The summed E-state index contributed by atoms with van der Waals surface area (Å²) in [4.78, 5) is 32.3. The van der Waals surface area contributed by atoms with E-state index in [4.69, 9.17) is 5.73 Å². The lowest BCUT2D eigenvalue weighted by Crippen LogP contribution is -2.60. The number of carbonyl (C=O) groups excluding carboxylic acids is 1. The molecule has 0 spiro atoms. The molecule has 7 heteroatoms. The number of benzene rings is 1. The summed E-state index contributed by atoms with van der Waals surface area (Å²) in [7, 11) is 0. The van der Waals surface area contributed by atoms with Crippen LogP contribution in [0.2, 0.25) is 0 Å². The van der Waals surface area contributed by atoms with Crippen LogP contribution in [0, 0.1) is 11.3 Å². The number of amides is 1. The molecule has 2 heterocycles. The SMILES string of the molecule is CC1(C)CN(C(=O)CCC2CCCCC2)CCC1(O)Cn1cnc(-c2ccccc2CN)cc1=O. The molecule has 1 aliphatic heterocycles. The minimum atomic E-state index is -1.12. The van der Waals surface area contributed by atoms with Crippen LogP contribution >= 0.6 is 0 Å². The van der Waals surface area contributed by atoms with Crippen molar-refractivity contribution in [1.29, 1.82) is 0 Å². The van der Waals surface area contributed by atoms with Crippen molar-refractivity contribution >= 4 is 5.91 Å². The van der Waals surface area contributed by atoms with Crippen molar-refractivity contribution in [3.05, 3.63) is 52.6 Å². The van der Waals surface area contributed by atoms with E-state index in [1.807, 2.05) is 43.0 Å². The Bertz CT molecular complexity index is 1090. The van der Waals surface area contributed by atoms with E-state index in [1.165, 1.54) is 49.1 Å². The first-order valence-corrected chi connectivity index (χ1v) is 13.1. The molecule has 4 rings (SSSR count). The third-order valence-corrected chi connectivity index (χ3v) is 8.31. The number of hydrogen-bond acceptors (Lipinski definition) is 5. The van der Waals surface area contributed by atoms with Gasteiger partial charge in [0, 0.05) is 43.1 Å². The molecule has 1 saturated carbocycles. The lowest BCUT2D eigenvalue weighted by Gasteiger charge is -2.50. The van der Waals surface area contributed by atoms with Crippen molar-refractivity contribution in [2.45, 2.75) is 83.9 Å². The smallest absolute Gasteiger partial charge is 0.253 e. The summed E-state index contributed by atoms with van der Waals surface area (Å²) in [5, 5.41) is 11.6. The van der Waals surface area contributed by atoms with E-state index in [0.717, 1.165) is 17.5 Å². The zero-order valence-corrected chi connectivity index (χ0v) is 21.2. The number of nitrogens with zero attached hydrogens (tertiary/aromatic N) is 3. The van der Waals surface area contributed by atoms with Gasteiger partial charge < -0.3 is 15.7 Å². The molecule has 1 aromatic heterocycles. The fraction of sp³-hybridized carbons (Fsp3) is 0.607. The molecule has 1 atom stereocenters. The summed E-state index contributed by atoms with van der Waals surface area (Å²) in [6, 6.07) is 9.16. The number of aliphatic hydroxyl groups is 1. The third-order valence-electron chi connectivity index (χ3n) is 8.31. The Kier molecular flexibility index (Phi) is 7.77. The number of carbonyl (C=O) groups is 1. The summed E-state index contributed by atoms with van der Waals surface area (Å²) in [6.07, 6.45) is 9.91. The molecular weight excluding hydrogens is 440 g/mol. The predicted octanol–water partition coefficient (Wildman–Crippen LogP) is 3.72. The Morgan fingerprint density at radius 3 is 2.63 bits per heavy atom. The fourth-order valence-electron chi connectivity index (χ4n) is 5.75. The largest absolute Gasteiger partial charge is 0.387 e. The van der Waals surface area contributed by atoms with Gasteiger partial charge >= 0.3 is 0 Å². The summed E-state index contributed by atoms with van der Waals surface area (Å²) >= 11 is 0. The molecule has 1 unspecified atom stereocenters. The van der Waals surface area contributed by atoms with Gasteiger partial charge in [0.05, 0.1) is 24.2 Å². The van der Waals surface area contributed by atoms with Gasteiger partial charge in [-0.2, -0.15) is 0 Å². The van der Waals surface area contributed by atoms with Crippen LogP contribution in [0.1, 0.15) is 70.8 Å². The minimum Gasteiger partial charge on any atom is -0.387 e. The van der Waals surface area contributed by atoms with Crippen LogP contribution in [-0.2, 0) is 17.9 Å². The molecule has 2 aliphatic rings. The zero-order chi connectivity index (χ0) is 25.1. The predicted molar refractivity (Wildman–Crippen MR) is 138 cm³/mol. The lowest BCUT2D eigenvalue weighted by atomic mass is 9.69. The minimum absolute atomic E-state index is 0.148. The van der Waals surface area contributed by atoms with Crippen LogP contribution in [0.25, 0.3) is 11.3 Å². The Labute approximate surface area is 208 Å². The van der Waals surface area contributed by atoms with Gasteiger partial charge in [0.1, 0.15) is 0 Å². The van der Waals surface area contributed by atoms with Crippen LogP contribution in [0.4, 0.5) is 0 Å². The topological polar surface area (TPSA) is 101 Å². The van der Waals surface area contributed by atoms with Crippen LogP contribution in [0.5, 0.6) is 0 Å². The van der Waals surface area contributed by atoms with Crippen molar-refractivity contribution in [2.24, 2.45) is 17.1 Å². The Balaban J connectivity index is 1.42. The van der Waals surface area contributed by atoms with Crippen LogP contribution in [-0.4, -0.2) is 44.2 Å². The Hall–Kier alpha value is -2.51. The number of hydrogen-bond donors (Lipinski definition) is 2. The summed E-state index contributed by atoms with van der Waals surface area (Å²) in [5.74, 6) is 0.869. The number of rotatable bonds is 7. The van der Waals surface area contributed by atoms with Gasteiger partial charge in [-0.25, -0.2) is 4.98 Å². The second kappa shape index (κ2) is 10.6. The molecule has 190 valence electrons. The Morgan fingerprint density at radius 1 is 1.20 bits per heavy atom. The molecular formula is C28H40N4O3. The van der Waals surface area contributed by atoms with Crippen LogP contribution < -0.4 is 11.3 Å². The zero-order valence-electron chi connectivity index (χ0n) is 21.2. The summed E-state index contributed by atoms with van der Waals surface area (Å²) < 4.78 is 1.48. The van der Waals surface area contributed by atoms with Crippen molar-refractivity contribution in [1.82, 2.24) is 14.5 Å². The third kappa shape index (κ3) is 5.67. The maximum absolute atomic E-state index is 13.0. The van der Waals surface area contributed by atoms with E-state index in [0.29, 0.717) is 44.1 Å². The standard InChI is InChI=1S/C28H40N4O3/c1-27(2)18-31(25(33)13-12-21-8-4-3-5-9-21)15-14-28(27,35)19-32-20-30-24(16-26(32)34)23-11-7-6-10-22(23)17-29/h6-7,10-11,16,20-21,35H,3-5,8-9,12-15,17-19,29H2,1-2H3. The normalized spacial score (nSPS) is 22.8. The first kappa shape index (κ1) is 25.6. The number of piperidine rings is 1. The highest BCUT2D eigenvalue weighted by Crippen LogP contribution is 2.40. The van der Waals surface area contributed by atoms with Crippen LogP contribution in [0.15, 0.2) is 41.5 Å². The summed E-state index contributed by atoms with van der Waals surface area (Å²) in [6.45, 7) is 5.47. The van der Waals surface area contributed by atoms with Crippen molar-refractivity contribution < 1.29 is 9.90 Å². The number of aromatic nitrogens is 2. The maximum Gasteiger partial charge on any atom is 0.253 e. The van der Waals surface area contributed by atoms with Gasteiger partial charge in [0.25, 0.3) is 5.56 Å². The van der Waals surface area contributed by atoms with E-state index >= 15 is 0 Å². The van der Waals surface area contributed by atoms with Gasteiger partial charge in [-0.3, -0.25) is 14.2 Å². The quantitative estimate of drug-likeness (QED) is 0.629. The Morgan fingerprint density at radius 2 is 1.94 bits per heavy atom. The molecule has 3 N–H and O–H groups in total. The average Bonchev–Trinajstić information content (AvgIpc) is 2.86. The molecule has 2 fully saturated rings. The highest BCUT2D eigenvalue weighted by Gasteiger charge is 2.48.